The Morgan fingerprint density at radius 3 is 3.00 bits per heavy atom. The Morgan fingerprint density at radius 1 is 1.39 bits per heavy atom. The first-order valence-electron chi connectivity index (χ1n) is 8.54. The molecule has 2 heterocycles. The average molecular weight is 335 g/mol. The molecule has 2 N–H and O–H groups in total. The zero-order chi connectivity index (χ0) is 16.1. The van der Waals surface area contributed by atoms with Gasteiger partial charge in [0.15, 0.2) is 5.13 Å². The number of carbonyl (C=O) groups is 1. The number of hydrogen-bond donors (Lipinski definition) is 2. The lowest BCUT2D eigenvalue weighted by molar-refractivity contribution is -0.131. The molecule has 1 aliphatic heterocycles. The molecule has 0 aromatic carbocycles. The fourth-order valence-corrected chi connectivity index (χ4v) is 4.37. The Kier molecular flexibility index (Phi) is 5.67. The van der Waals surface area contributed by atoms with Crippen LogP contribution in [0, 0.1) is 5.92 Å². The predicted octanol–water partition coefficient (Wildman–Crippen LogP) is 3.31. The summed E-state index contributed by atoms with van der Waals surface area (Å²) in [6.45, 7) is 3.52. The number of aliphatic carboxylic acids is 1. The Labute approximate surface area is 141 Å². The van der Waals surface area contributed by atoms with E-state index in [2.05, 4.69) is 15.2 Å². The number of aromatic nitrogens is 1. The summed E-state index contributed by atoms with van der Waals surface area (Å²) in [6, 6.07) is 0.459. The predicted molar refractivity (Wildman–Crippen MR) is 93.8 cm³/mol. The van der Waals surface area contributed by atoms with Crippen molar-refractivity contribution in [3.63, 3.8) is 0 Å². The second-order valence-corrected chi connectivity index (χ2v) is 7.50. The summed E-state index contributed by atoms with van der Waals surface area (Å²) in [7, 11) is 0. The van der Waals surface area contributed by atoms with Gasteiger partial charge in [-0.1, -0.05) is 19.3 Å². The molecule has 1 saturated carbocycles. The van der Waals surface area contributed by atoms with E-state index in [4.69, 9.17) is 5.11 Å². The van der Waals surface area contributed by atoms with Gasteiger partial charge in [-0.2, -0.15) is 0 Å². The van der Waals surface area contributed by atoms with E-state index < -0.39 is 5.97 Å². The van der Waals surface area contributed by atoms with Crippen molar-refractivity contribution in [3.8, 4) is 0 Å². The highest BCUT2D eigenvalue weighted by atomic mass is 32.1. The van der Waals surface area contributed by atoms with Crippen LogP contribution in [-0.2, 0) is 4.79 Å². The molecule has 3 rings (SSSR count). The number of anilines is 1. The molecule has 2 aliphatic rings. The molecule has 0 amide bonds. The highest BCUT2D eigenvalue weighted by molar-refractivity contribution is 7.13. The topological polar surface area (TPSA) is 65.5 Å². The summed E-state index contributed by atoms with van der Waals surface area (Å²) in [6.07, 6.45) is 10.9. The van der Waals surface area contributed by atoms with Crippen LogP contribution in [0.5, 0.6) is 0 Å². The number of rotatable bonds is 6. The normalized spacial score (nSPS) is 23.6. The van der Waals surface area contributed by atoms with Gasteiger partial charge in [0.05, 0.1) is 5.69 Å². The minimum atomic E-state index is -0.943. The van der Waals surface area contributed by atoms with Crippen LogP contribution in [0.4, 0.5) is 5.13 Å². The van der Waals surface area contributed by atoms with Gasteiger partial charge in [-0.15, -0.1) is 11.3 Å². The van der Waals surface area contributed by atoms with Crippen molar-refractivity contribution in [2.24, 2.45) is 5.92 Å². The highest BCUT2D eigenvalue weighted by Gasteiger charge is 2.25. The Morgan fingerprint density at radius 2 is 2.22 bits per heavy atom. The molecule has 2 fully saturated rings. The maximum Gasteiger partial charge on any atom is 0.328 e. The number of carboxylic acids is 1. The van der Waals surface area contributed by atoms with Crippen LogP contribution in [0.25, 0.3) is 6.08 Å². The third kappa shape index (κ3) is 5.04. The number of thiazole rings is 1. The fourth-order valence-electron chi connectivity index (χ4n) is 3.61. The van der Waals surface area contributed by atoms with Crippen LogP contribution < -0.4 is 5.32 Å². The van der Waals surface area contributed by atoms with Crippen molar-refractivity contribution >= 4 is 28.5 Å². The van der Waals surface area contributed by atoms with E-state index in [9.17, 15) is 4.79 Å². The van der Waals surface area contributed by atoms with Crippen LogP contribution in [-0.4, -0.2) is 46.6 Å². The Hall–Kier alpha value is -1.40. The lowest BCUT2D eigenvalue weighted by atomic mass is 9.89. The van der Waals surface area contributed by atoms with Crippen LogP contribution in [0.15, 0.2) is 11.5 Å². The molecule has 5 nitrogen and oxygen atoms in total. The third-order valence-electron chi connectivity index (χ3n) is 4.76. The minimum Gasteiger partial charge on any atom is -0.478 e. The van der Waals surface area contributed by atoms with Crippen molar-refractivity contribution < 1.29 is 9.90 Å². The quantitative estimate of drug-likeness (QED) is 0.781. The minimum absolute atomic E-state index is 0.459. The monoisotopic (exact) mass is 335 g/mol. The summed E-state index contributed by atoms with van der Waals surface area (Å²) in [5, 5.41) is 14.9. The maximum atomic E-state index is 10.5. The van der Waals surface area contributed by atoms with Gasteiger partial charge >= 0.3 is 5.97 Å². The molecule has 1 aromatic rings. The molecular formula is C17H25N3O2S. The van der Waals surface area contributed by atoms with Gasteiger partial charge in [0.2, 0.25) is 0 Å². The smallest absolute Gasteiger partial charge is 0.328 e. The molecule has 0 unspecified atom stereocenters. The summed E-state index contributed by atoms with van der Waals surface area (Å²) in [5.41, 5.74) is 0.706. The Balaban J connectivity index is 1.45. The lowest BCUT2D eigenvalue weighted by Crippen LogP contribution is -2.31. The second-order valence-electron chi connectivity index (χ2n) is 6.64. The van der Waals surface area contributed by atoms with E-state index in [1.165, 1.54) is 51.3 Å². The number of likely N-dealkylation sites (tertiary alicyclic amines) is 1. The van der Waals surface area contributed by atoms with Gasteiger partial charge in [-0.3, -0.25) is 0 Å². The van der Waals surface area contributed by atoms with E-state index in [0.29, 0.717) is 11.7 Å². The molecule has 126 valence electrons. The van der Waals surface area contributed by atoms with Gasteiger partial charge in [0.25, 0.3) is 0 Å². The third-order valence-corrected chi connectivity index (χ3v) is 5.55. The molecular weight excluding hydrogens is 310 g/mol. The van der Waals surface area contributed by atoms with Gasteiger partial charge in [0.1, 0.15) is 0 Å². The molecule has 1 aromatic heterocycles. The molecule has 1 aliphatic carbocycles. The number of carboxylic acid groups (broad SMARTS) is 1. The fraction of sp³-hybridized carbons (Fsp3) is 0.647. The Bertz CT molecular complexity index is 552. The summed E-state index contributed by atoms with van der Waals surface area (Å²) in [4.78, 5) is 17.5. The zero-order valence-electron chi connectivity index (χ0n) is 13.4. The summed E-state index contributed by atoms with van der Waals surface area (Å²) in [5.74, 6) is -0.0447. The van der Waals surface area contributed by atoms with Gasteiger partial charge in [0, 0.05) is 37.1 Å². The van der Waals surface area contributed by atoms with Crippen LogP contribution in [0.2, 0.25) is 0 Å². The second kappa shape index (κ2) is 7.93. The van der Waals surface area contributed by atoms with E-state index in [1.54, 1.807) is 11.3 Å². The van der Waals surface area contributed by atoms with E-state index in [1.807, 2.05) is 5.38 Å². The average Bonchev–Trinajstić information content (AvgIpc) is 3.16. The van der Waals surface area contributed by atoms with E-state index in [0.717, 1.165) is 30.1 Å². The molecule has 6 heteroatoms. The van der Waals surface area contributed by atoms with E-state index in [-0.39, 0.29) is 0 Å². The number of nitrogens with zero attached hydrogens (tertiary/aromatic N) is 2. The van der Waals surface area contributed by atoms with Gasteiger partial charge < -0.3 is 15.3 Å². The largest absolute Gasteiger partial charge is 0.478 e. The van der Waals surface area contributed by atoms with Crippen molar-refractivity contribution in [2.75, 3.05) is 25.0 Å². The van der Waals surface area contributed by atoms with Gasteiger partial charge in [-0.05, 0) is 31.3 Å². The highest BCUT2D eigenvalue weighted by Crippen LogP contribution is 2.26. The SMILES string of the molecule is O=C(O)/C=C/c1csc(N[C@@H]2CCN(CC3CCCCC3)C2)n1. The van der Waals surface area contributed by atoms with Crippen molar-refractivity contribution in [3.05, 3.63) is 17.2 Å². The van der Waals surface area contributed by atoms with E-state index >= 15 is 0 Å². The van der Waals surface area contributed by atoms with Crippen LogP contribution in [0.3, 0.4) is 0 Å². The number of hydrogen-bond acceptors (Lipinski definition) is 5. The summed E-state index contributed by atoms with van der Waals surface area (Å²) < 4.78 is 0. The number of nitrogens with one attached hydrogen (secondary N) is 1. The maximum absolute atomic E-state index is 10.5. The molecule has 1 atom stereocenters. The first kappa shape index (κ1) is 16.5. The van der Waals surface area contributed by atoms with Gasteiger partial charge in [-0.25, -0.2) is 9.78 Å². The molecule has 0 spiro atoms. The van der Waals surface area contributed by atoms with Crippen molar-refractivity contribution in [1.82, 2.24) is 9.88 Å². The van der Waals surface area contributed by atoms with Crippen LogP contribution >= 0.6 is 11.3 Å². The molecule has 1 saturated heterocycles. The van der Waals surface area contributed by atoms with Crippen LogP contribution in [0.1, 0.15) is 44.2 Å². The lowest BCUT2D eigenvalue weighted by Gasteiger charge is -2.26. The summed E-state index contributed by atoms with van der Waals surface area (Å²) >= 11 is 1.54. The molecule has 0 radical (unpaired) electrons. The molecule has 23 heavy (non-hydrogen) atoms. The zero-order valence-corrected chi connectivity index (χ0v) is 14.2. The standard InChI is InChI=1S/C17H25N3O2S/c21-16(22)7-6-15-12-23-17(19-15)18-14-8-9-20(11-14)10-13-4-2-1-3-5-13/h6-7,12-14H,1-5,8-11H2,(H,18,19)(H,21,22)/b7-6+/t14-/m1/s1. The molecule has 0 bridgehead atoms. The van der Waals surface area contributed by atoms with Crippen molar-refractivity contribution in [1.29, 1.82) is 0 Å². The van der Waals surface area contributed by atoms with Crippen molar-refractivity contribution in [2.45, 2.75) is 44.6 Å². The first-order chi connectivity index (χ1) is 11.2. The first-order valence-corrected chi connectivity index (χ1v) is 9.42.